The largest absolute Gasteiger partial charge is 0.495 e. The van der Waals surface area contributed by atoms with Crippen LogP contribution in [0.15, 0.2) is 53.4 Å². The van der Waals surface area contributed by atoms with Gasteiger partial charge in [-0.05, 0) is 43.2 Å². The topological polar surface area (TPSA) is 84.9 Å². The van der Waals surface area contributed by atoms with Gasteiger partial charge in [-0.25, -0.2) is 8.42 Å². The van der Waals surface area contributed by atoms with Crippen molar-refractivity contribution in [2.24, 2.45) is 0 Å². The molecule has 1 fully saturated rings. The summed E-state index contributed by atoms with van der Waals surface area (Å²) in [6, 6.07) is 12.5. The highest BCUT2D eigenvalue weighted by atomic mass is 35.5. The summed E-state index contributed by atoms with van der Waals surface area (Å²) in [4.78, 5) is 12.7. The van der Waals surface area contributed by atoms with Crippen LogP contribution in [0.2, 0.25) is 5.02 Å². The quantitative estimate of drug-likeness (QED) is 0.685. The Kier molecular flexibility index (Phi) is 7.00. The van der Waals surface area contributed by atoms with E-state index in [0.717, 1.165) is 17.1 Å². The Hall–Kier alpha value is -2.29. The number of halogens is 1. The molecule has 156 valence electrons. The first-order valence-corrected chi connectivity index (χ1v) is 11.0. The van der Waals surface area contributed by atoms with E-state index in [1.807, 2.05) is 0 Å². The highest BCUT2D eigenvalue weighted by molar-refractivity contribution is 7.92. The normalized spacial score (nSPS) is 16.4. The Morgan fingerprint density at radius 1 is 1.28 bits per heavy atom. The lowest BCUT2D eigenvalue weighted by Crippen LogP contribution is -2.43. The Morgan fingerprint density at radius 3 is 2.69 bits per heavy atom. The highest BCUT2D eigenvalue weighted by Gasteiger charge is 2.30. The van der Waals surface area contributed by atoms with Crippen molar-refractivity contribution in [2.45, 2.75) is 23.8 Å². The molecule has 1 amide bonds. The van der Waals surface area contributed by atoms with Crippen LogP contribution in [-0.4, -0.2) is 47.2 Å². The Morgan fingerprint density at radius 2 is 2.03 bits per heavy atom. The van der Waals surface area contributed by atoms with Gasteiger partial charge in [-0.1, -0.05) is 29.8 Å². The molecule has 1 saturated heterocycles. The summed E-state index contributed by atoms with van der Waals surface area (Å²) in [7, 11) is -2.61. The van der Waals surface area contributed by atoms with E-state index in [9.17, 15) is 13.2 Å². The minimum Gasteiger partial charge on any atom is -0.495 e. The molecule has 2 aromatic carbocycles. The third-order valence-corrected chi connectivity index (χ3v) is 6.59. The van der Waals surface area contributed by atoms with Gasteiger partial charge in [-0.2, -0.15) is 0 Å². The van der Waals surface area contributed by atoms with E-state index < -0.39 is 22.5 Å². The molecule has 9 heteroatoms. The monoisotopic (exact) mass is 438 g/mol. The van der Waals surface area contributed by atoms with Crippen molar-refractivity contribution in [2.75, 3.05) is 31.1 Å². The zero-order valence-corrected chi connectivity index (χ0v) is 17.6. The first kappa shape index (κ1) is 21.4. The Bertz CT molecular complexity index is 947. The zero-order chi connectivity index (χ0) is 20.9. The third kappa shape index (κ3) is 5.20. The van der Waals surface area contributed by atoms with E-state index in [4.69, 9.17) is 21.1 Å². The number of carbonyl (C=O) groups excluding carboxylic acids is 1. The van der Waals surface area contributed by atoms with Crippen LogP contribution in [0.1, 0.15) is 12.8 Å². The molecule has 0 aliphatic carbocycles. The van der Waals surface area contributed by atoms with Gasteiger partial charge in [0.1, 0.15) is 12.3 Å². The Balaban J connectivity index is 1.91. The fourth-order valence-corrected chi connectivity index (χ4v) is 4.71. The van der Waals surface area contributed by atoms with Crippen molar-refractivity contribution in [3.8, 4) is 5.75 Å². The van der Waals surface area contributed by atoms with E-state index in [2.05, 4.69) is 5.32 Å². The summed E-state index contributed by atoms with van der Waals surface area (Å²) in [6.45, 7) is 0.597. The van der Waals surface area contributed by atoms with Gasteiger partial charge in [0.15, 0.2) is 0 Å². The van der Waals surface area contributed by atoms with E-state index >= 15 is 0 Å². The van der Waals surface area contributed by atoms with E-state index in [-0.39, 0.29) is 16.7 Å². The fraction of sp³-hybridized carbons (Fsp3) is 0.350. The lowest BCUT2D eigenvalue weighted by atomic mass is 10.2. The minimum absolute atomic E-state index is 0.0427. The summed E-state index contributed by atoms with van der Waals surface area (Å²) in [5.41, 5.74) is 0.191. The molecule has 2 aromatic rings. The average molecular weight is 439 g/mol. The van der Waals surface area contributed by atoms with Crippen LogP contribution in [0.3, 0.4) is 0 Å². The standard InChI is InChI=1S/C20H23ClN2O5S/c1-27-19-10-9-15(21)12-18(19)23(29(25,26)17-7-3-2-4-8-17)14-20(24)22-13-16-6-5-11-28-16/h2-4,7-10,12,16H,5-6,11,13-14H2,1H3,(H,22,24). The van der Waals surface area contributed by atoms with Gasteiger partial charge in [0, 0.05) is 18.2 Å². The smallest absolute Gasteiger partial charge is 0.264 e. The van der Waals surface area contributed by atoms with Gasteiger partial charge in [-0.15, -0.1) is 0 Å². The van der Waals surface area contributed by atoms with Crippen molar-refractivity contribution in [3.05, 3.63) is 53.6 Å². The molecule has 1 heterocycles. The zero-order valence-electron chi connectivity index (χ0n) is 16.0. The van der Waals surface area contributed by atoms with Crippen LogP contribution in [0, 0.1) is 0 Å². The average Bonchev–Trinajstić information content (AvgIpc) is 3.24. The molecule has 0 saturated carbocycles. The molecule has 1 unspecified atom stereocenters. The molecule has 3 rings (SSSR count). The number of methoxy groups -OCH3 is 1. The van der Waals surface area contributed by atoms with Crippen molar-refractivity contribution in [3.63, 3.8) is 0 Å². The van der Waals surface area contributed by atoms with Crippen molar-refractivity contribution >= 4 is 33.2 Å². The second kappa shape index (κ2) is 9.47. The first-order chi connectivity index (χ1) is 13.9. The summed E-state index contributed by atoms with van der Waals surface area (Å²) in [5, 5.41) is 3.08. The maximum atomic E-state index is 13.3. The van der Waals surface area contributed by atoms with Crippen molar-refractivity contribution < 1.29 is 22.7 Å². The van der Waals surface area contributed by atoms with Gasteiger partial charge in [0.2, 0.25) is 5.91 Å². The van der Waals surface area contributed by atoms with Crippen LogP contribution in [0.25, 0.3) is 0 Å². The van der Waals surface area contributed by atoms with Gasteiger partial charge >= 0.3 is 0 Å². The summed E-state index contributed by atoms with van der Waals surface area (Å²) in [5.74, 6) is -0.150. The SMILES string of the molecule is COc1ccc(Cl)cc1N(CC(=O)NCC1CCCO1)S(=O)(=O)c1ccccc1. The van der Waals surface area contributed by atoms with E-state index in [1.54, 1.807) is 30.3 Å². The van der Waals surface area contributed by atoms with Gasteiger partial charge < -0.3 is 14.8 Å². The predicted molar refractivity (Wildman–Crippen MR) is 111 cm³/mol. The van der Waals surface area contributed by atoms with Crippen LogP contribution < -0.4 is 14.4 Å². The molecule has 1 N–H and O–H groups in total. The summed E-state index contributed by atoms with van der Waals surface area (Å²) < 4.78 is 38.5. The van der Waals surface area contributed by atoms with Crippen LogP contribution in [-0.2, 0) is 19.6 Å². The molecule has 1 aliphatic heterocycles. The predicted octanol–water partition coefficient (Wildman–Crippen LogP) is 2.84. The van der Waals surface area contributed by atoms with Crippen LogP contribution in [0.4, 0.5) is 5.69 Å². The highest BCUT2D eigenvalue weighted by Crippen LogP contribution is 2.34. The van der Waals surface area contributed by atoms with Gasteiger partial charge in [-0.3, -0.25) is 9.10 Å². The second-order valence-electron chi connectivity index (χ2n) is 6.58. The Labute approximate surface area is 175 Å². The lowest BCUT2D eigenvalue weighted by Gasteiger charge is -2.26. The fourth-order valence-electron chi connectivity index (χ4n) is 3.10. The number of nitrogens with zero attached hydrogens (tertiary/aromatic N) is 1. The lowest BCUT2D eigenvalue weighted by molar-refractivity contribution is -0.120. The molecule has 29 heavy (non-hydrogen) atoms. The first-order valence-electron chi connectivity index (χ1n) is 9.21. The van der Waals surface area contributed by atoms with Gasteiger partial charge in [0.05, 0.1) is 23.8 Å². The van der Waals surface area contributed by atoms with Crippen molar-refractivity contribution in [1.29, 1.82) is 0 Å². The molecular weight excluding hydrogens is 416 g/mol. The number of anilines is 1. The van der Waals surface area contributed by atoms with E-state index in [0.29, 0.717) is 23.9 Å². The molecule has 0 radical (unpaired) electrons. The molecule has 7 nitrogen and oxygen atoms in total. The van der Waals surface area contributed by atoms with Crippen LogP contribution >= 0.6 is 11.6 Å². The van der Waals surface area contributed by atoms with Crippen LogP contribution in [0.5, 0.6) is 5.75 Å². The third-order valence-electron chi connectivity index (χ3n) is 4.58. The maximum absolute atomic E-state index is 13.3. The molecule has 1 aliphatic rings. The minimum atomic E-state index is -4.03. The number of amides is 1. The number of nitrogens with one attached hydrogen (secondary N) is 1. The van der Waals surface area contributed by atoms with Gasteiger partial charge in [0.25, 0.3) is 10.0 Å². The molecule has 0 aromatic heterocycles. The summed E-state index contributed by atoms with van der Waals surface area (Å²) in [6.07, 6.45) is 1.78. The number of ether oxygens (including phenoxy) is 2. The molecule has 1 atom stereocenters. The number of hydrogen-bond acceptors (Lipinski definition) is 5. The molecule has 0 bridgehead atoms. The second-order valence-corrected chi connectivity index (χ2v) is 8.88. The van der Waals surface area contributed by atoms with E-state index in [1.165, 1.54) is 25.3 Å². The number of rotatable bonds is 8. The number of benzene rings is 2. The number of hydrogen-bond donors (Lipinski definition) is 1. The molecule has 0 spiro atoms. The van der Waals surface area contributed by atoms with Crippen molar-refractivity contribution in [1.82, 2.24) is 5.32 Å². The number of sulfonamides is 1. The summed E-state index contributed by atoms with van der Waals surface area (Å²) >= 11 is 6.10. The number of carbonyl (C=O) groups is 1. The molecular formula is C20H23ClN2O5S. The maximum Gasteiger partial charge on any atom is 0.264 e.